The van der Waals surface area contributed by atoms with Crippen molar-refractivity contribution in [2.45, 2.75) is 20.0 Å². The Kier molecular flexibility index (Phi) is 5.20. The van der Waals surface area contributed by atoms with E-state index in [0.717, 1.165) is 3.57 Å². The first-order valence-corrected chi connectivity index (χ1v) is 6.44. The van der Waals surface area contributed by atoms with Crippen LogP contribution >= 0.6 is 22.6 Å². The molecule has 0 radical (unpaired) electrons. The van der Waals surface area contributed by atoms with Crippen molar-refractivity contribution in [2.24, 2.45) is 5.92 Å². The van der Waals surface area contributed by atoms with Gasteiger partial charge in [-0.25, -0.2) is 0 Å². The van der Waals surface area contributed by atoms with E-state index in [1.54, 1.807) is 12.1 Å². The molecule has 1 rings (SSSR count). The average Bonchev–Trinajstić information content (AvgIpc) is 2.28. The number of halogens is 1. The number of nitrogens with one attached hydrogen (secondary N) is 1. The lowest BCUT2D eigenvalue weighted by atomic mass is 10.1. The smallest absolute Gasteiger partial charge is 0.255 e. The van der Waals surface area contributed by atoms with E-state index in [4.69, 9.17) is 0 Å². The Labute approximate surface area is 114 Å². The number of hydrogen-bond donors (Lipinski definition) is 3. The second kappa shape index (κ2) is 6.20. The average molecular weight is 349 g/mol. The topological polar surface area (TPSA) is 69.6 Å². The molecule has 94 valence electrons. The van der Waals surface area contributed by atoms with Gasteiger partial charge in [0.2, 0.25) is 0 Å². The van der Waals surface area contributed by atoms with Crippen molar-refractivity contribution in [3.05, 3.63) is 27.3 Å². The Hall–Kier alpha value is -0.820. The van der Waals surface area contributed by atoms with E-state index >= 15 is 0 Å². The van der Waals surface area contributed by atoms with Gasteiger partial charge in [-0.05, 0) is 46.7 Å². The van der Waals surface area contributed by atoms with E-state index in [2.05, 4.69) is 27.9 Å². The minimum absolute atomic E-state index is 0.0537. The minimum atomic E-state index is -0.580. The Bertz CT molecular complexity index is 407. The molecule has 1 aromatic rings. The molecule has 0 bridgehead atoms. The monoisotopic (exact) mass is 349 g/mol. The molecule has 1 unspecified atom stereocenters. The van der Waals surface area contributed by atoms with Crippen LogP contribution in [0.25, 0.3) is 0 Å². The van der Waals surface area contributed by atoms with Gasteiger partial charge in [0.25, 0.3) is 5.91 Å². The quantitative estimate of drug-likeness (QED) is 0.726. The predicted molar refractivity (Wildman–Crippen MR) is 74.0 cm³/mol. The molecule has 17 heavy (non-hydrogen) atoms. The Balaban J connectivity index is 2.67. The summed E-state index contributed by atoms with van der Waals surface area (Å²) in [6, 6.07) is 4.80. The molecule has 1 atom stereocenters. The highest BCUT2D eigenvalue weighted by molar-refractivity contribution is 14.1. The van der Waals surface area contributed by atoms with Gasteiger partial charge >= 0.3 is 0 Å². The maximum absolute atomic E-state index is 11.8. The third-order valence-electron chi connectivity index (χ3n) is 2.44. The van der Waals surface area contributed by atoms with Crippen molar-refractivity contribution in [3.8, 4) is 5.75 Å². The van der Waals surface area contributed by atoms with Crippen molar-refractivity contribution in [1.82, 2.24) is 5.32 Å². The first-order chi connectivity index (χ1) is 7.91. The van der Waals surface area contributed by atoms with Crippen LogP contribution in [0.15, 0.2) is 18.2 Å². The minimum Gasteiger partial charge on any atom is -0.507 e. The molecule has 0 saturated carbocycles. The Morgan fingerprint density at radius 2 is 2.12 bits per heavy atom. The van der Waals surface area contributed by atoms with Gasteiger partial charge in [-0.1, -0.05) is 13.8 Å². The number of phenolic OH excluding ortho intramolecular Hbond substituents is 1. The molecule has 0 aliphatic heterocycles. The van der Waals surface area contributed by atoms with E-state index in [9.17, 15) is 15.0 Å². The number of benzene rings is 1. The van der Waals surface area contributed by atoms with E-state index in [0.29, 0.717) is 0 Å². The van der Waals surface area contributed by atoms with Gasteiger partial charge in [-0.2, -0.15) is 0 Å². The number of carbonyl (C=O) groups excluding carboxylic acids is 1. The van der Waals surface area contributed by atoms with Crippen LogP contribution in [0.1, 0.15) is 24.2 Å². The second-order valence-electron chi connectivity index (χ2n) is 4.18. The normalized spacial score (nSPS) is 12.5. The fourth-order valence-corrected chi connectivity index (χ4v) is 1.71. The van der Waals surface area contributed by atoms with Crippen LogP contribution in [-0.2, 0) is 0 Å². The summed E-state index contributed by atoms with van der Waals surface area (Å²) in [4.78, 5) is 11.8. The number of aliphatic hydroxyl groups excluding tert-OH is 1. The fourth-order valence-electron chi connectivity index (χ4n) is 1.22. The summed E-state index contributed by atoms with van der Waals surface area (Å²) >= 11 is 2.07. The molecule has 0 spiro atoms. The van der Waals surface area contributed by atoms with E-state index in [-0.39, 0.29) is 29.7 Å². The maximum Gasteiger partial charge on any atom is 0.255 e. The van der Waals surface area contributed by atoms with E-state index in [1.807, 2.05) is 13.8 Å². The van der Waals surface area contributed by atoms with Crippen molar-refractivity contribution in [1.29, 1.82) is 0 Å². The molecule has 4 nitrogen and oxygen atoms in total. The van der Waals surface area contributed by atoms with Crippen LogP contribution in [0.4, 0.5) is 0 Å². The summed E-state index contributed by atoms with van der Waals surface area (Å²) in [5, 5.41) is 21.7. The molecule has 0 heterocycles. The fraction of sp³-hybridized carbons (Fsp3) is 0.417. The summed E-state index contributed by atoms with van der Waals surface area (Å²) in [5.41, 5.74) is 0.229. The molecule has 0 saturated heterocycles. The van der Waals surface area contributed by atoms with Crippen molar-refractivity contribution < 1.29 is 15.0 Å². The number of aliphatic hydroxyl groups is 1. The van der Waals surface area contributed by atoms with Crippen molar-refractivity contribution >= 4 is 28.5 Å². The maximum atomic E-state index is 11.8. The van der Waals surface area contributed by atoms with Crippen LogP contribution < -0.4 is 5.32 Å². The van der Waals surface area contributed by atoms with Gasteiger partial charge in [0.15, 0.2) is 0 Å². The summed E-state index contributed by atoms with van der Waals surface area (Å²) in [6.45, 7) is 3.93. The van der Waals surface area contributed by atoms with E-state index < -0.39 is 6.10 Å². The lowest BCUT2D eigenvalue weighted by molar-refractivity contribution is 0.0869. The Morgan fingerprint density at radius 1 is 1.47 bits per heavy atom. The number of phenols is 1. The third kappa shape index (κ3) is 4.16. The Morgan fingerprint density at radius 3 is 2.71 bits per heavy atom. The highest BCUT2D eigenvalue weighted by atomic mass is 127. The highest BCUT2D eigenvalue weighted by Gasteiger charge is 2.14. The van der Waals surface area contributed by atoms with Crippen LogP contribution in [0, 0.1) is 9.49 Å². The highest BCUT2D eigenvalue weighted by Crippen LogP contribution is 2.19. The number of amides is 1. The van der Waals surface area contributed by atoms with E-state index in [1.165, 1.54) is 6.07 Å². The predicted octanol–water partition coefficient (Wildman–Crippen LogP) is 1.74. The van der Waals surface area contributed by atoms with Crippen LogP contribution in [0.5, 0.6) is 5.75 Å². The molecule has 1 amide bonds. The number of carbonyl (C=O) groups is 1. The van der Waals surface area contributed by atoms with Gasteiger partial charge in [0.05, 0.1) is 11.7 Å². The molecule has 3 N–H and O–H groups in total. The molecule has 0 aliphatic rings. The second-order valence-corrected chi connectivity index (χ2v) is 5.43. The zero-order chi connectivity index (χ0) is 13.0. The zero-order valence-corrected chi connectivity index (χ0v) is 11.9. The number of aromatic hydroxyl groups is 1. The van der Waals surface area contributed by atoms with Gasteiger partial charge in [-0.3, -0.25) is 4.79 Å². The van der Waals surface area contributed by atoms with Crippen LogP contribution in [0.3, 0.4) is 0 Å². The summed E-state index contributed by atoms with van der Waals surface area (Å²) < 4.78 is 0.870. The molecule has 0 aliphatic carbocycles. The van der Waals surface area contributed by atoms with Crippen molar-refractivity contribution in [3.63, 3.8) is 0 Å². The first kappa shape index (κ1) is 14.2. The van der Waals surface area contributed by atoms with Gasteiger partial charge in [0, 0.05) is 10.1 Å². The number of rotatable bonds is 4. The standard InChI is InChI=1S/C12H16INO3/c1-7(2)11(16)6-14-12(17)9-5-8(13)3-4-10(9)15/h3-5,7,11,15-16H,6H2,1-2H3,(H,14,17). The summed E-state index contributed by atoms with van der Waals surface area (Å²) in [6.07, 6.45) is -0.580. The molecule has 0 aromatic heterocycles. The molecule has 0 fully saturated rings. The molecule has 5 heteroatoms. The first-order valence-electron chi connectivity index (χ1n) is 5.36. The van der Waals surface area contributed by atoms with Gasteiger partial charge in [0.1, 0.15) is 5.75 Å². The lowest BCUT2D eigenvalue weighted by Gasteiger charge is -2.15. The van der Waals surface area contributed by atoms with Gasteiger partial charge in [-0.15, -0.1) is 0 Å². The summed E-state index contributed by atoms with van der Waals surface area (Å²) in [5.74, 6) is -0.345. The molecular formula is C12H16INO3. The molecular weight excluding hydrogens is 333 g/mol. The van der Waals surface area contributed by atoms with Crippen LogP contribution in [0.2, 0.25) is 0 Å². The summed E-state index contributed by atoms with van der Waals surface area (Å²) in [7, 11) is 0. The largest absolute Gasteiger partial charge is 0.507 e. The SMILES string of the molecule is CC(C)C(O)CNC(=O)c1cc(I)ccc1O. The van der Waals surface area contributed by atoms with Gasteiger partial charge < -0.3 is 15.5 Å². The van der Waals surface area contributed by atoms with Crippen molar-refractivity contribution in [2.75, 3.05) is 6.54 Å². The zero-order valence-electron chi connectivity index (χ0n) is 9.77. The lowest BCUT2D eigenvalue weighted by Crippen LogP contribution is -2.34. The third-order valence-corrected chi connectivity index (χ3v) is 3.12. The molecule has 1 aromatic carbocycles. The number of hydrogen-bond acceptors (Lipinski definition) is 3. The van der Waals surface area contributed by atoms with Crippen LogP contribution in [-0.4, -0.2) is 28.8 Å².